The van der Waals surface area contributed by atoms with Crippen molar-refractivity contribution in [3.63, 3.8) is 0 Å². The van der Waals surface area contributed by atoms with E-state index < -0.39 is 5.82 Å². The molecule has 1 aromatic heterocycles. The van der Waals surface area contributed by atoms with Gasteiger partial charge in [0.25, 0.3) is 0 Å². The zero-order valence-electron chi connectivity index (χ0n) is 18.5. The Labute approximate surface area is 199 Å². The van der Waals surface area contributed by atoms with Crippen molar-refractivity contribution >= 4 is 59.4 Å². The van der Waals surface area contributed by atoms with Crippen molar-refractivity contribution in [3.8, 4) is 6.07 Å². The number of nitrogens with zero attached hydrogens (tertiary/aromatic N) is 3. The summed E-state index contributed by atoms with van der Waals surface area (Å²) in [5.41, 5.74) is 2.70. The second-order valence-electron chi connectivity index (χ2n) is 7.51. The predicted octanol–water partition coefficient (Wildman–Crippen LogP) is 5.02. The Balaban J connectivity index is 2.07. The Kier molecular flexibility index (Phi) is 8.35. The highest BCUT2D eigenvalue weighted by Crippen LogP contribution is 2.33. The number of nitriles is 1. The van der Waals surface area contributed by atoms with E-state index in [1.54, 1.807) is 12.1 Å². The maximum absolute atomic E-state index is 13.6. The standard InChI is InChI=1S/C24H24ClFN5OP/c1-4-33-22-12-20-17(11-21(22)30-23(32)6-5-9-31(2)3)24(15(13-27)14-28-20)29-16-7-8-19(26)18(25)10-16/h5-8,10-12,14,33H,4,9H2,1-3H3,(H,28,29)(H,30,32)/b6-5+. The molecule has 3 aromatic rings. The van der Waals surface area contributed by atoms with E-state index >= 15 is 0 Å². The first-order chi connectivity index (χ1) is 15.8. The molecule has 0 saturated heterocycles. The fourth-order valence-electron chi connectivity index (χ4n) is 3.16. The lowest BCUT2D eigenvalue weighted by Crippen LogP contribution is -2.16. The summed E-state index contributed by atoms with van der Waals surface area (Å²) in [4.78, 5) is 18.9. The van der Waals surface area contributed by atoms with Crippen LogP contribution in [0, 0.1) is 17.1 Å². The van der Waals surface area contributed by atoms with Gasteiger partial charge >= 0.3 is 0 Å². The number of fused-ring (bicyclic) bond motifs is 1. The number of hydrogen-bond donors (Lipinski definition) is 2. The van der Waals surface area contributed by atoms with Crippen molar-refractivity contribution in [1.82, 2.24) is 9.88 Å². The molecule has 0 aliphatic rings. The zero-order chi connectivity index (χ0) is 24.0. The first-order valence-corrected chi connectivity index (χ1v) is 11.9. The van der Waals surface area contributed by atoms with Gasteiger partial charge in [0.05, 0.1) is 21.8 Å². The first kappa shape index (κ1) is 24.6. The van der Waals surface area contributed by atoms with Crippen LogP contribution in [0.3, 0.4) is 0 Å². The van der Waals surface area contributed by atoms with Gasteiger partial charge in [0.15, 0.2) is 0 Å². The van der Waals surface area contributed by atoms with Gasteiger partial charge in [-0.15, -0.1) is 0 Å². The molecule has 33 heavy (non-hydrogen) atoms. The molecule has 0 aliphatic heterocycles. The van der Waals surface area contributed by atoms with E-state index in [0.29, 0.717) is 48.7 Å². The largest absolute Gasteiger partial charge is 0.354 e. The predicted molar refractivity (Wildman–Crippen MR) is 136 cm³/mol. The normalized spacial score (nSPS) is 11.5. The van der Waals surface area contributed by atoms with Gasteiger partial charge in [0.1, 0.15) is 11.9 Å². The van der Waals surface area contributed by atoms with Crippen molar-refractivity contribution in [3.05, 3.63) is 65.1 Å². The summed E-state index contributed by atoms with van der Waals surface area (Å²) in [6, 6.07) is 10.1. The fourth-order valence-corrected chi connectivity index (χ4v) is 4.29. The molecule has 9 heteroatoms. The second-order valence-corrected chi connectivity index (χ2v) is 9.52. The van der Waals surface area contributed by atoms with Gasteiger partial charge in [-0.1, -0.05) is 33.2 Å². The summed E-state index contributed by atoms with van der Waals surface area (Å²) in [5.74, 6) is -0.762. The Bertz CT molecular complexity index is 1260. The van der Waals surface area contributed by atoms with Crippen LogP contribution >= 0.6 is 20.2 Å². The van der Waals surface area contributed by atoms with E-state index in [2.05, 4.69) is 28.6 Å². The molecule has 0 spiro atoms. The molecule has 0 aliphatic carbocycles. The van der Waals surface area contributed by atoms with Gasteiger partial charge in [-0.05, 0) is 55.9 Å². The van der Waals surface area contributed by atoms with Crippen molar-refractivity contribution in [2.24, 2.45) is 0 Å². The van der Waals surface area contributed by atoms with Crippen LogP contribution in [0.4, 0.5) is 21.5 Å². The number of likely N-dealkylation sites (N-methyl/N-ethyl adjacent to an activating group) is 1. The minimum Gasteiger partial charge on any atom is -0.354 e. The van der Waals surface area contributed by atoms with Gasteiger partial charge in [-0.3, -0.25) is 9.78 Å². The molecule has 0 fully saturated rings. The molecule has 1 amide bonds. The molecular weight excluding hydrogens is 460 g/mol. The molecule has 1 unspecified atom stereocenters. The second kappa shape index (κ2) is 11.2. The van der Waals surface area contributed by atoms with Gasteiger partial charge in [0.2, 0.25) is 5.91 Å². The minimum absolute atomic E-state index is 0.0271. The topological polar surface area (TPSA) is 81.0 Å². The number of halogens is 2. The maximum atomic E-state index is 13.6. The maximum Gasteiger partial charge on any atom is 0.248 e. The fraction of sp³-hybridized carbons (Fsp3) is 0.208. The van der Waals surface area contributed by atoms with E-state index in [4.69, 9.17) is 11.6 Å². The summed E-state index contributed by atoms with van der Waals surface area (Å²) in [5, 5.41) is 17.4. The summed E-state index contributed by atoms with van der Waals surface area (Å²) >= 11 is 5.92. The van der Waals surface area contributed by atoms with Crippen molar-refractivity contribution in [1.29, 1.82) is 5.26 Å². The molecule has 0 saturated carbocycles. The van der Waals surface area contributed by atoms with E-state index in [1.807, 2.05) is 31.1 Å². The third-order valence-electron chi connectivity index (χ3n) is 4.68. The minimum atomic E-state index is -0.528. The van der Waals surface area contributed by atoms with Crippen LogP contribution < -0.4 is 15.9 Å². The number of carbonyl (C=O) groups excluding carboxylic acids is 1. The number of nitrogens with one attached hydrogen (secondary N) is 2. The molecular formula is C24H24ClFN5OP. The summed E-state index contributed by atoms with van der Waals surface area (Å²) in [7, 11) is 4.33. The number of carbonyl (C=O) groups is 1. The number of hydrogen-bond acceptors (Lipinski definition) is 5. The number of benzene rings is 2. The monoisotopic (exact) mass is 483 g/mol. The van der Waals surface area contributed by atoms with E-state index in [9.17, 15) is 14.4 Å². The van der Waals surface area contributed by atoms with Crippen LogP contribution in [0.1, 0.15) is 12.5 Å². The number of aromatic nitrogens is 1. The van der Waals surface area contributed by atoms with Crippen LogP contribution in [0.2, 0.25) is 5.02 Å². The molecule has 1 heterocycles. The van der Waals surface area contributed by atoms with Crippen LogP contribution in [0.5, 0.6) is 0 Å². The smallest absolute Gasteiger partial charge is 0.248 e. The molecule has 0 bridgehead atoms. The summed E-state index contributed by atoms with van der Waals surface area (Å²) in [6.07, 6.45) is 5.71. The zero-order valence-corrected chi connectivity index (χ0v) is 20.3. The Morgan fingerprint density at radius 3 is 2.79 bits per heavy atom. The highest BCUT2D eigenvalue weighted by Gasteiger charge is 2.15. The number of anilines is 3. The number of pyridine rings is 1. The summed E-state index contributed by atoms with van der Waals surface area (Å²) < 4.78 is 13.6. The highest BCUT2D eigenvalue weighted by atomic mass is 35.5. The Morgan fingerprint density at radius 1 is 1.33 bits per heavy atom. The number of amides is 1. The van der Waals surface area contributed by atoms with Crippen LogP contribution in [0.15, 0.2) is 48.7 Å². The van der Waals surface area contributed by atoms with Crippen molar-refractivity contribution in [2.45, 2.75) is 6.92 Å². The first-order valence-electron chi connectivity index (χ1n) is 10.3. The third-order valence-corrected chi connectivity index (χ3v) is 6.12. The lowest BCUT2D eigenvalue weighted by atomic mass is 10.1. The average molecular weight is 484 g/mol. The molecule has 6 nitrogen and oxygen atoms in total. The van der Waals surface area contributed by atoms with Crippen LogP contribution in [-0.4, -0.2) is 42.6 Å². The molecule has 3 rings (SSSR count). The van der Waals surface area contributed by atoms with Crippen molar-refractivity contribution in [2.75, 3.05) is 37.4 Å². The lowest BCUT2D eigenvalue weighted by molar-refractivity contribution is -0.111. The molecule has 2 aromatic carbocycles. The number of rotatable bonds is 8. The van der Waals surface area contributed by atoms with Crippen LogP contribution in [-0.2, 0) is 4.79 Å². The molecule has 170 valence electrons. The highest BCUT2D eigenvalue weighted by molar-refractivity contribution is 7.47. The average Bonchev–Trinajstić information content (AvgIpc) is 2.77. The third kappa shape index (κ3) is 6.27. The van der Waals surface area contributed by atoms with Gasteiger partial charge in [-0.2, -0.15) is 5.26 Å². The van der Waals surface area contributed by atoms with Gasteiger partial charge < -0.3 is 15.5 Å². The van der Waals surface area contributed by atoms with E-state index in [0.717, 1.165) is 11.5 Å². The molecule has 2 N–H and O–H groups in total. The van der Waals surface area contributed by atoms with Gasteiger partial charge in [0, 0.05) is 35.6 Å². The Hall–Kier alpha value is -3.04. The van der Waals surface area contributed by atoms with E-state index in [-0.39, 0.29) is 10.9 Å². The van der Waals surface area contributed by atoms with Gasteiger partial charge in [-0.25, -0.2) is 4.39 Å². The van der Waals surface area contributed by atoms with Crippen molar-refractivity contribution < 1.29 is 9.18 Å². The Morgan fingerprint density at radius 2 is 2.12 bits per heavy atom. The quantitative estimate of drug-likeness (QED) is 0.347. The summed E-state index contributed by atoms with van der Waals surface area (Å²) in [6.45, 7) is 2.72. The van der Waals surface area contributed by atoms with E-state index in [1.165, 1.54) is 24.4 Å². The SMILES string of the molecule is CCPc1cc2ncc(C#N)c(Nc3ccc(F)c(Cl)c3)c2cc1NC(=O)/C=C/CN(C)C. The molecule has 0 radical (unpaired) electrons. The van der Waals surface area contributed by atoms with Crippen LogP contribution in [0.25, 0.3) is 10.9 Å². The lowest BCUT2D eigenvalue weighted by Gasteiger charge is -2.16. The molecule has 1 atom stereocenters.